The van der Waals surface area contributed by atoms with Crippen molar-refractivity contribution in [2.45, 2.75) is 19.3 Å². The smallest absolute Gasteiger partial charge is 0.0295 e. The van der Waals surface area contributed by atoms with Crippen molar-refractivity contribution in [2.75, 3.05) is 6.54 Å². The van der Waals surface area contributed by atoms with Crippen LogP contribution in [0.4, 0.5) is 0 Å². The molecule has 2 rings (SSSR count). The summed E-state index contributed by atoms with van der Waals surface area (Å²) in [6.45, 7) is 1.08. The van der Waals surface area contributed by atoms with Crippen molar-refractivity contribution in [3.8, 4) is 0 Å². The van der Waals surface area contributed by atoms with Crippen molar-refractivity contribution in [1.29, 1.82) is 0 Å². The third-order valence-electron chi connectivity index (χ3n) is 2.07. The minimum atomic E-state index is 1.08. The van der Waals surface area contributed by atoms with E-state index in [4.69, 9.17) is 0 Å². The molecule has 54 valence electrons. The Hall–Kier alpha value is -0.760. The number of rotatable bonds is 0. The van der Waals surface area contributed by atoms with E-state index in [1.165, 1.54) is 12.1 Å². The minimum absolute atomic E-state index is 1.08. The molecule has 0 spiro atoms. The van der Waals surface area contributed by atoms with Crippen LogP contribution in [0.2, 0.25) is 0 Å². The zero-order chi connectivity index (χ0) is 6.81. The second-order valence-electron chi connectivity index (χ2n) is 2.76. The van der Waals surface area contributed by atoms with Gasteiger partial charge in [0.25, 0.3) is 0 Å². The van der Waals surface area contributed by atoms with E-state index in [1.807, 2.05) is 0 Å². The molecule has 0 saturated heterocycles. The molecule has 0 aromatic carbocycles. The Morgan fingerprint density at radius 2 is 2.10 bits per heavy atom. The van der Waals surface area contributed by atoms with Gasteiger partial charge in [-0.3, -0.25) is 0 Å². The van der Waals surface area contributed by atoms with E-state index in [1.54, 1.807) is 5.57 Å². The van der Waals surface area contributed by atoms with Gasteiger partial charge in [-0.05, 0) is 18.4 Å². The molecule has 2 aliphatic rings. The first-order valence-electron chi connectivity index (χ1n) is 3.81. The van der Waals surface area contributed by atoms with Gasteiger partial charge in [0.2, 0.25) is 0 Å². The quantitative estimate of drug-likeness (QED) is 0.487. The second kappa shape index (κ2) is 2.46. The summed E-state index contributed by atoms with van der Waals surface area (Å²) in [4.78, 5) is 0. The van der Waals surface area contributed by atoms with Crippen LogP contribution in [-0.2, 0) is 0 Å². The third kappa shape index (κ3) is 0.948. The molecule has 2 heteroatoms. The van der Waals surface area contributed by atoms with Gasteiger partial charge in [0.1, 0.15) is 0 Å². The summed E-state index contributed by atoms with van der Waals surface area (Å²) >= 11 is 0. The van der Waals surface area contributed by atoms with Crippen molar-refractivity contribution in [2.24, 2.45) is 0 Å². The number of allylic oxidation sites excluding steroid dienone is 2. The van der Waals surface area contributed by atoms with E-state index in [9.17, 15) is 0 Å². The minimum Gasteiger partial charge on any atom is -0.325 e. The van der Waals surface area contributed by atoms with Crippen LogP contribution in [0, 0.1) is 0 Å². The van der Waals surface area contributed by atoms with Crippen LogP contribution in [0.3, 0.4) is 0 Å². The molecule has 0 unspecified atom stereocenters. The first-order chi connectivity index (χ1) is 4.97. The number of hydrogen-bond acceptors (Lipinski definition) is 2. The lowest BCUT2D eigenvalue weighted by Crippen LogP contribution is -2.37. The van der Waals surface area contributed by atoms with Gasteiger partial charge in [-0.1, -0.05) is 12.2 Å². The van der Waals surface area contributed by atoms with E-state index >= 15 is 0 Å². The van der Waals surface area contributed by atoms with E-state index in [0.717, 1.165) is 19.4 Å². The molecule has 0 atom stereocenters. The normalized spacial score (nSPS) is 24.0. The first-order valence-corrected chi connectivity index (χ1v) is 3.81. The van der Waals surface area contributed by atoms with Crippen molar-refractivity contribution in [3.05, 3.63) is 23.4 Å². The molecule has 10 heavy (non-hydrogen) atoms. The highest BCUT2D eigenvalue weighted by molar-refractivity contribution is 5.24. The number of nitrogens with one attached hydrogen (secondary N) is 2. The van der Waals surface area contributed by atoms with Crippen LogP contribution >= 0.6 is 0 Å². The van der Waals surface area contributed by atoms with Gasteiger partial charge in [-0.15, -0.1) is 0 Å². The average Bonchev–Trinajstić information content (AvgIpc) is 2.05. The lowest BCUT2D eigenvalue weighted by Gasteiger charge is -2.23. The highest BCUT2D eigenvalue weighted by atomic mass is 15.4. The predicted octanol–water partition coefficient (Wildman–Crippen LogP) is 1.09. The first kappa shape index (κ1) is 5.98. The zero-order valence-electron chi connectivity index (χ0n) is 5.98. The Morgan fingerprint density at radius 1 is 1.20 bits per heavy atom. The standard InChI is InChI=1S/C8H12N2/c1-2-4-8-7(3-1)5-6-9-10-8/h1-2,9-10H,3-6H2. The zero-order valence-corrected chi connectivity index (χ0v) is 5.98. The molecule has 0 aromatic heterocycles. The summed E-state index contributed by atoms with van der Waals surface area (Å²) in [5.41, 5.74) is 9.32. The molecular formula is C8H12N2. The van der Waals surface area contributed by atoms with Crippen LogP contribution in [0.15, 0.2) is 23.4 Å². The van der Waals surface area contributed by atoms with E-state index in [-0.39, 0.29) is 0 Å². The van der Waals surface area contributed by atoms with E-state index in [2.05, 4.69) is 23.0 Å². The van der Waals surface area contributed by atoms with Crippen molar-refractivity contribution >= 4 is 0 Å². The Labute approximate surface area is 61.0 Å². The summed E-state index contributed by atoms with van der Waals surface area (Å²) < 4.78 is 0. The fraction of sp³-hybridized carbons (Fsp3) is 0.500. The van der Waals surface area contributed by atoms with Gasteiger partial charge in [0.15, 0.2) is 0 Å². The van der Waals surface area contributed by atoms with Crippen LogP contribution in [0.25, 0.3) is 0 Å². The van der Waals surface area contributed by atoms with Crippen molar-refractivity contribution in [3.63, 3.8) is 0 Å². The lowest BCUT2D eigenvalue weighted by molar-refractivity contribution is 0.538. The molecule has 0 saturated carbocycles. The van der Waals surface area contributed by atoms with Gasteiger partial charge < -0.3 is 5.43 Å². The molecule has 0 amide bonds. The molecule has 2 nitrogen and oxygen atoms in total. The third-order valence-corrected chi connectivity index (χ3v) is 2.07. The van der Waals surface area contributed by atoms with Gasteiger partial charge >= 0.3 is 0 Å². The number of hydrogen-bond donors (Lipinski definition) is 2. The maximum atomic E-state index is 3.20. The van der Waals surface area contributed by atoms with Gasteiger partial charge in [0.05, 0.1) is 0 Å². The molecule has 1 aliphatic heterocycles. The topological polar surface area (TPSA) is 24.1 Å². The van der Waals surface area contributed by atoms with Gasteiger partial charge in [-0.25, -0.2) is 5.43 Å². The summed E-state index contributed by atoms with van der Waals surface area (Å²) in [7, 11) is 0. The molecule has 2 N–H and O–H groups in total. The summed E-state index contributed by atoms with van der Waals surface area (Å²) in [6.07, 6.45) is 7.93. The Bertz CT molecular complexity index is 171. The van der Waals surface area contributed by atoms with E-state index in [0.29, 0.717) is 0 Å². The summed E-state index contributed by atoms with van der Waals surface area (Å²) in [5, 5.41) is 0. The number of hydrazine groups is 1. The van der Waals surface area contributed by atoms with Crippen LogP contribution in [0.1, 0.15) is 19.3 Å². The molecule has 0 bridgehead atoms. The second-order valence-corrected chi connectivity index (χ2v) is 2.76. The SMILES string of the molecule is C1=CCC2=C(C1)CCNN2. The Kier molecular flexibility index (Phi) is 1.47. The van der Waals surface area contributed by atoms with E-state index < -0.39 is 0 Å². The maximum absolute atomic E-state index is 3.20. The van der Waals surface area contributed by atoms with Crippen molar-refractivity contribution in [1.82, 2.24) is 10.9 Å². The van der Waals surface area contributed by atoms with Gasteiger partial charge in [0, 0.05) is 18.7 Å². The average molecular weight is 136 g/mol. The Balaban J connectivity index is 2.17. The van der Waals surface area contributed by atoms with Crippen molar-refractivity contribution < 1.29 is 0 Å². The monoisotopic (exact) mass is 136 g/mol. The molecule has 1 aliphatic carbocycles. The van der Waals surface area contributed by atoms with Crippen LogP contribution < -0.4 is 10.9 Å². The van der Waals surface area contributed by atoms with Crippen LogP contribution in [-0.4, -0.2) is 6.54 Å². The van der Waals surface area contributed by atoms with Gasteiger partial charge in [-0.2, -0.15) is 0 Å². The largest absolute Gasteiger partial charge is 0.325 e. The highest BCUT2D eigenvalue weighted by Crippen LogP contribution is 2.21. The maximum Gasteiger partial charge on any atom is 0.0295 e. The predicted molar refractivity (Wildman–Crippen MR) is 41.2 cm³/mol. The summed E-state index contributed by atoms with van der Waals surface area (Å²) in [5.74, 6) is 0. The lowest BCUT2D eigenvalue weighted by atomic mass is 9.99. The van der Waals surface area contributed by atoms with Crippen LogP contribution in [0.5, 0.6) is 0 Å². The molecule has 0 radical (unpaired) electrons. The fourth-order valence-electron chi connectivity index (χ4n) is 1.47. The highest BCUT2D eigenvalue weighted by Gasteiger charge is 2.11. The molecule has 0 fully saturated rings. The fourth-order valence-corrected chi connectivity index (χ4v) is 1.47. The molecule has 0 aromatic rings. The summed E-state index contributed by atoms with van der Waals surface area (Å²) in [6, 6.07) is 0. The molecule has 1 heterocycles. The Morgan fingerprint density at radius 3 is 3.00 bits per heavy atom. The molecular weight excluding hydrogens is 124 g/mol.